The molecule has 0 saturated carbocycles. The van der Waals surface area contributed by atoms with Crippen LogP contribution in [0.25, 0.3) is 0 Å². The summed E-state index contributed by atoms with van der Waals surface area (Å²) in [4.78, 5) is 72.5. The summed E-state index contributed by atoms with van der Waals surface area (Å²) in [7, 11) is 0. The molecule has 41 heavy (non-hydrogen) atoms. The number of nitrogens with zero attached hydrogens (tertiary/aromatic N) is 2. The highest BCUT2D eigenvalue weighted by Crippen LogP contribution is 2.07. The highest BCUT2D eigenvalue weighted by molar-refractivity contribution is 5.94. The van der Waals surface area contributed by atoms with Gasteiger partial charge in [0.2, 0.25) is 17.7 Å². The molecule has 222 valence electrons. The number of imidazole rings is 1. The number of hydrogen-bond donors (Lipinski definition) is 9. The van der Waals surface area contributed by atoms with Crippen molar-refractivity contribution < 1.29 is 34.2 Å². The van der Waals surface area contributed by atoms with Crippen molar-refractivity contribution in [2.75, 3.05) is 6.54 Å². The minimum absolute atomic E-state index is 0.00240. The van der Waals surface area contributed by atoms with Crippen molar-refractivity contribution in [3.05, 3.63) is 54.1 Å². The highest BCUT2D eigenvalue weighted by atomic mass is 16.4. The molecule has 0 spiro atoms. The van der Waals surface area contributed by atoms with Crippen LogP contribution in [0.2, 0.25) is 0 Å². The summed E-state index contributed by atoms with van der Waals surface area (Å²) in [6, 6.07) is 3.44. The van der Waals surface area contributed by atoms with Crippen LogP contribution in [-0.4, -0.2) is 86.5 Å². The summed E-state index contributed by atoms with van der Waals surface area (Å²) < 4.78 is 0. The zero-order chi connectivity index (χ0) is 30.4. The van der Waals surface area contributed by atoms with Crippen LogP contribution in [-0.2, 0) is 36.8 Å². The van der Waals surface area contributed by atoms with E-state index in [1.54, 1.807) is 30.3 Å². The number of aromatic amines is 1. The van der Waals surface area contributed by atoms with Crippen LogP contribution in [0.1, 0.15) is 30.5 Å². The lowest BCUT2D eigenvalue weighted by molar-refractivity contribution is -0.142. The number of carbonyl (C=O) groups excluding carboxylic acids is 3. The zero-order valence-electron chi connectivity index (χ0n) is 22.2. The number of nitrogens with one attached hydrogen (secondary N) is 4. The molecule has 0 fully saturated rings. The van der Waals surface area contributed by atoms with Gasteiger partial charge in [0.25, 0.3) is 0 Å². The summed E-state index contributed by atoms with van der Waals surface area (Å²) >= 11 is 0. The first-order chi connectivity index (χ1) is 19.5. The van der Waals surface area contributed by atoms with E-state index in [9.17, 15) is 29.1 Å². The molecule has 16 heteroatoms. The molecule has 4 atom stereocenters. The summed E-state index contributed by atoms with van der Waals surface area (Å²) in [5, 5.41) is 26.1. The number of hydrogen-bond acceptors (Lipinski definition) is 8. The molecule has 0 bridgehead atoms. The molecule has 4 unspecified atom stereocenters. The Morgan fingerprint density at radius 1 is 0.902 bits per heavy atom. The summed E-state index contributed by atoms with van der Waals surface area (Å²) in [5.74, 6) is -5.21. The maximum atomic E-state index is 13.3. The average molecular weight is 574 g/mol. The summed E-state index contributed by atoms with van der Waals surface area (Å²) in [6.45, 7) is 0.126. The molecule has 12 N–H and O–H groups in total. The lowest BCUT2D eigenvalue weighted by Gasteiger charge is -2.25. The molecule has 0 aliphatic carbocycles. The number of benzene rings is 1. The van der Waals surface area contributed by atoms with Crippen molar-refractivity contribution >= 4 is 35.6 Å². The molecule has 16 nitrogen and oxygen atoms in total. The maximum absolute atomic E-state index is 13.3. The third kappa shape index (κ3) is 11.7. The van der Waals surface area contributed by atoms with Gasteiger partial charge in [0.15, 0.2) is 5.96 Å². The van der Waals surface area contributed by atoms with Crippen molar-refractivity contribution in [3.8, 4) is 0 Å². The Morgan fingerprint density at radius 2 is 1.54 bits per heavy atom. The van der Waals surface area contributed by atoms with E-state index in [0.717, 1.165) is 0 Å². The molecule has 0 saturated heterocycles. The number of H-pyrrole nitrogens is 1. The third-order valence-corrected chi connectivity index (χ3v) is 5.82. The van der Waals surface area contributed by atoms with Crippen LogP contribution in [0.15, 0.2) is 47.8 Å². The van der Waals surface area contributed by atoms with Gasteiger partial charge in [0.05, 0.1) is 18.8 Å². The van der Waals surface area contributed by atoms with E-state index in [-0.39, 0.29) is 38.2 Å². The second-order valence-corrected chi connectivity index (χ2v) is 9.15. The molecule has 1 aromatic carbocycles. The number of aliphatic carboxylic acids is 2. The molecule has 0 aliphatic heterocycles. The predicted molar refractivity (Wildman–Crippen MR) is 146 cm³/mol. The van der Waals surface area contributed by atoms with Gasteiger partial charge in [-0.2, -0.15) is 0 Å². The van der Waals surface area contributed by atoms with Crippen LogP contribution in [0.5, 0.6) is 0 Å². The molecule has 2 rings (SSSR count). The number of carboxylic acids is 2. The monoisotopic (exact) mass is 573 g/mol. The normalized spacial score (nSPS) is 13.6. The van der Waals surface area contributed by atoms with Crippen LogP contribution in [0, 0.1) is 0 Å². The smallest absolute Gasteiger partial charge is 0.326 e. The fraction of sp³-hybridized carbons (Fsp3) is 0.400. The summed E-state index contributed by atoms with van der Waals surface area (Å²) in [5.41, 5.74) is 17.4. The second-order valence-electron chi connectivity index (χ2n) is 9.15. The molecular formula is C25H35N9O7. The number of carboxylic acid groups (broad SMARTS) is 2. The quantitative estimate of drug-likeness (QED) is 0.0545. The predicted octanol–water partition coefficient (Wildman–Crippen LogP) is -2.41. The first kappa shape index (κ1) is 32.2. The van der Waals surface area contributed by atoms with E-state index in [0.29, 0.717) is 11.3 Å². The Labute approximate surface area is 235 Å². The van der Waals surface area contributed by atoms with E-state index >= 15 is 0 Å². The Morgan fingerprint density at radius 3 is 2.12 bits per heavy atom. The zero-order valence-corrected chi connectivity index (χ0v) is 22.2. The molecule has 2 aromatic rings. The molecule has 1 heterocycles. The van der Waals surface area contributed by atoms with E-state index in [1.807, 2.05) is 0 Å². The van der Waals surface area contributed by atoms with Crippen molar-refractivity contribution in [3.63, 3.8) is 0 Å². The van der Waals surface area contributed by atoms with E-state index < -0.39 is 60.2 Å². The van der Waals surface area contributed by atoms with Gasteiger partial charge in [-0.1, -0.05) is 30.3 Å². The molecular weight excluding hydrogens is 538 g/mol. The number of nitrogens with two attached hydrogens (primary N) is 3. The van der Waals surface area contributed by atoms with Crippen LogP contribution >= 0.6 is 0 Å². The number of carbonyl (C=O) groups is 5. The molecule has 0 aliphatic rings. The first-order valence-corrected chi connectivity index (χ1v) is 12.6. The Bertz CT molecular complexity index is 1200. The topological polar surface area (TPSA) is 281 Å². The maximum Gasteiger partial charge on any atom is 0.326 e. The minimum Gasteiger partial charge on any atom is -0.481 e. The standard InChI is InChI=1S/C25H35N9O7/c26-16(11-20(35)36)21(37)32-17(7-4-8-30-25(27)28)22(38)33-18(10-15-12-29-13-31-15)23(39)34-19(24(40)41)9-14-5-2-1-3-6-14/h1-3,5-6,12-13,16-19H,4,7-11,26H2,(H,29,31)(H,32,37)(H,33,38)(H,34,39)(H,35,36)(H,40,41)(H4,27,28,30). The van der Waals surface area contributed by atoms with Gasteiger partial charge < -0.3 is 48.3 Å². The lowest BCUT2D eigenvalue weighted by Crippen LogP contribution is -2.58. The SMILES string of the molecule is NC(N)=NCCCC(NC(=O)C(N)CC(=O)O)C(=O)NC(Cc1cnc[nH]1)C(=O)NC(Cc1ccccc1)C(=O)O. The fourth-order valence-electron chi connectivity index (χ4n) is 3.75. The van der Waals surface area contributed by atoms with Gasteiger partial charge in [-0.05, 0) is 18.4 Å². The van der Waals surface area contributed by atoms with Gasteiger partial charge >= 0.3 is 11.9 Å². The van der Waals surface area contributed by atoms with Crippen molar-refractivity contribution in [2.45, 2.75) is 56.3 Å². The molecule has 1 aromatic heterocycles. The third-order valence-electron chi connectivity index (χ3n) is 5.82. The van der Waals surface area contributed by atoms with Crippen molar-refractivity contribution in [2.24, 2.45) is 22.2 Å². The second kappa shape index (κ2) is 16.2. The summed E-state index contributed by atoms with van der Waals surface area (Å²) in [6.07, 6.45) is 2.30. The molecule has 0 radical (unpaired) electrons. The largest absolute Gasteiger partial charge is 0.481 e. The van der Waals surface area contributed by atoms with Crippen molar-refractivity contribution in [1.82, 2.24) is 25.9 Å². The fourth-order valence-corrected chi connectivity index (χ4v) is 3.75. The number of rotatable bonds is 17. The van der Waals surface area contributed by atoms with Gasteiger partial charge in [-0.25, -0.2) is 9.78 Å². The number of aliphatic imine (C=N–C) groups is 1. The lowest BCUT2D eigenvalue weighted by atomic mass is 10.0. The van der Waals surface area contributed by atoms with Gasteiger partial charge in [-0.3, -0.25) is 24.2 Å². The van der Waals surface area contributed by atoms with Gasteiger partial charge in [0.1, 0.15) is 18.1 Å². The first-order valence-electron chi connectivity index (χ1n) is 12.6. The highest BCUT2D eigenvalue weighted by Gasteiger charge is 2.31. The van der Waals surface area contributed by atoms with Gasteiger partial charge in [0, 0.05) is 31.3 Å². The number of amides is 3. The van der Waals surface area contributed by atoms with Crippen LogP contribution in [0.3, 0.4) is 0 Å². The Hall–Kier alpha value is -4.99. The molecule has 3 amide bonds. The van der Waals surface area contributed by atoms with Crippen LogP contribution < -0.4 is 33.2 Å². The van der Waals surface area contributed by atoms with Gasteiger partial charge in [-0.15, -0.1) is 0 Å². The van der Waals surface area contributed by atoms with E-state index in [2.05, 4.69) is 30.9 Å². The van der Waals surface area contributed by atoms with Crippen molar-refractivity contribution in [1.29, 1.82) is 0 Å². The average Bonchev–Trinajstić information content (AvgIpc) is 3.42. The Kier molecular flexibility index (Phi) is 12.7. The van der Waals surface area contributed by atoms with Crippen LogP contribution in [0.4, 0.5) is 0 Å². The Balaban J connectivity index is 2.22. The van der Waals surface area contributed by atoms with E-state index in [1.165, 1.54) is 12.5 Å². The van der Waals surface area contributed by atoms with E-state index in [4.69, 9.17) is 22.3 Å². The minimum atomic E-state index is -1.43. The number of aromatic nitrogens is 2. The number of guanidine groups is 1.